The molecule has 0 amide bonds. The second-order valence-electron chi connectivity index (χ2n) is 4.53. The topological polar surface area (TPSA) is 32.3 Å². The first-order chi connectivity index (χ1) is 7.52. The Kier molecular flexibility index (Phi) is 4.36. The van der Waals surface area contributed by atoms with Gasteiger partial charge in [-0.3, -0.25) is 0 Å². The second-order valence-corrected chi connectivity index (χ2v) is 4.53. The van der Waals surface area contributed by atoms with Gasteiger partial charge in [0.15, 0.2) is 0 Å². The Bertz CT molecular complexity index is 343. The van der Waals surface area contributed by atoms with Crippen molar-refractivity contribution in [3.8, 4) is 0 Å². The van der Waals surface area contributed by atoms with E-state index < -0.39 is 5.60 Å². The predicted octanol–water partition coefficient (Wildman–Crippen LogP) is 3.27. The van der Waals surface area contributed by atoms with Crippen molar-refractivity contribution in [3.05, 3.63) is 29.3 Å². The zero-order valence-electron chi connectivity index (χ0n) is 10.8. The van der Waals surface area contributed by atoms with Crippen molar-refractivity contribution < 1.29 is 5.11 Å². The smallest absolute Gasteiger partial charge is 0.0814 e. The summed E-state index contributed by atoms with van der Waals surface area (Å²) in [6.45, 7) is 8.87. The molecule has 1 rings (SSSR count). The molecule has 2 nitrogen and oxygen atoms in total. The van der Waals surface area contributed by atoms with Gasteiger partial charge in [-0.25, -0.2) is 0 Å². The third-order valence-electron chi connectivity index (χ3n) is 3.53. The average Bonchev–Trinajstić information content (AvgIpc) is 2.31. The molecule has 16 heavy (non-hydrogen) atoms. The lowest BCUT2D eigenvalue weighted by Crippen LogP contribution is -2.35. The molecule has 0 unspecified atom stereocenters. The molecule has 0 aliphatic rings. The molecule has 0 heterocycles. The molecule has 1 aromatic carbocycles. The third-order valence-corrected chi connectivity index (χ3v) is 3.53. The van der Waals surface area contributed by atoms with Crippen LogP contribution in [-0.2, 0) is 0 Å². The van der Waals surface area contributed by atoms with Crippen LogP contribution in [0.2, 0.25) is 0 Å². The highest BCUT2D eigenvalue weighted by Gasteiger charge is 2.21. The van der Waals surface area contributed by atoms with Crippen LogP contribution in [0.1, 0.15) is 37.8 Å². The molecule has 0 aliphatic carbocycles. The predicted molar refractivity (Wildman–Crippen MR) is 69.9 cm³/mol. The van der Waals surface area contributed by atoms with Crippen molar-refractivity contribution in [3.63, 3.8) is 0 Å². The molecular weight excluding hydrogens is 198 g/mol. The van der Waals surface area contributed by atoms with Crippen LogP contribution in [0.4, 0.5) is 5.69 Å². The second kappa shape index (κ2) is 5.35. The molecule has 0 aliphatic heterocycles. The van der Waals surface area contributed by atoms with E-state index in [0.29, 0.717) is 6.54 Å². The van der Waals surface area contributed by atoms with Crippen molar-refractivity contribution in [1.82, 2.24) is 0 Å². The lowest BCUT2D eigenvalue weighted by Gasteiger charge is -2.26. The zero-order valence-corrected chi connectivity index (χ0v) is 10.8. The summed E-state index contributed by atoms with van der Waals surface area (Å²) >= 11 is 0. The summed E-state index contributed by atoms with van der Waals surface area (Å²) in [5.41, 5.74) is 3.08. The van der Waals surface area contributed by atoms with Gasteiger partial charge >= 0.3 is 0 Å². The molecule has 0 spiro atoms. The Balaban J connectivity index is 2.71. The van der Waals surface area contributed by atoms with Gasteiger partial charge in [-0.15, -0.1) is 0 Å². The fourth-order valence-corrected chi connectivity index (χ4v) is 1.70. The molecule has 0 saturated heterocycles. The van der Waals surface area contributed by atoms with Crippen molar-refractivity contribution in [2.24, 2.45) is 0 Å². The van der Waals surface area contributed by atoms with Crippen LogP contribution in [0, 0.1) is 13.8 Å². The summed E-state index contributed by atoms with van der Waals surface area (Å²) in [5.74, 6) is 0. The first-order valence-corrected chi connectivity index (χ1v) is 6.05. The molecule has 2 N–H and O–H groups in total. The van der Waals surface area contributed by atoms with Crippen molar-refractivity contribution in [2.75, 3.05) is 11.9 Å². The van der Waals surface area contributed by atoms with Crippen LogP contribution in [0.15, 0.2) is 18.2 Å². The fraction of sp³-hybridized carbons (Fsp3) is 0.571. The summed E-state index contributed by atoms with van der Waals surface area (Å²) in [5, 5.41) is 13.5. The summed E-state index contributed by atoms with van der Waals surface area (Å²) in [6.07, 6.45) is 1.56. The SMILES string of the molecule is CCC(O)(CC)CNc1cccc(C)c1C. The highest BCUT2D eigenvalue weighted by molar-refractivity contribution is 5.53. The standard InChI is InChI=1S/C14H23NO/c1-5-14(16,6-2)10-15-13-9-7-8-11(3)12(13)4/h7-9,15-16H,5-6,10H2,1-4H3. The monoisotopic (exact) mass is 221 g/mol. The molecule has 1 aromatic rings. The van der Waals surface area contributed by atoms with Gasteiger partial charge in [-0.05, 0) is 43.9 Å². The van der Waals surface area contributed by atoms with E-state index in [4.69, 9.17) is 0 Å². The highest BCUT2D eigenvalue weighted by Crippen LogP contribution is 2.21. The number of anilines is 1. The van der Waals surface area contributed by atoms with Crippen molar-refractivity contribution >= 4 is 5.69 Å². The number of benzene rings is 1. The third kappa shape index (κ3) is 2.99. The minimum absolute atomic E-state index is 0.587. The number of aryl methyl sites for hydroxylation is 1. The van der Waals surface area contributed by atoms with Crippen LogP contribution in [0.3, 0.4) is 0 Å². The van der Waals surface area contributed by atoms with E-state index in [1.54, 1.807) is 0 Å². The number of aliphatic hydroxyl groups is 1. The Labute approximate surface area is 98.7 Å². The quantitative estimate of drug-likeness (QED) is 0.800. The summed E-state index contributed by atoms with van der Waals surface area (Å²) in [7, 11) is 0. The highest BCUT2D eigenvalue weighted by atomic mass is 16.3. The van der Waals surface area contributed by atoms with E-state index in [1.165, 1.54) is 11.1 Å². The first kappa shape index (κ1) is 13.0. The Morgan fingerprint density at radius 2 is 1.81 bits per heavy atom. The maximum Gasteiger partial charge on any atom is 0.0814 e. The Morgan fingerprint density at radius 1 is 1.19 bits per heavy atom. The number of hydrogen-bond donors (Lipinski definition) is 2. The molecule has 0 aromatic heterocycles. The van der Waals surface area contributed by atoms with Gasteiger partial charge in [0.2, 0.25) is 0 Å². The molecule has 2 heteroatoms. The number of hydrogen-bond acceptors (Lipinski definition) is 2. The van der Waals surface area contributed by atoms with Crippen LogP contribution in [0.5, 0.6) is 0 Å². The molecule has 90 valence electrons. The van der Waals surface area contributed by atoms with Crippen LogP contribution >= 0.6 is 0 Å². The van der Waals surface area contributed by atoms with E-state index >= 15 is 0 Å². The minimum atomic E-state index is -0.587. The van der Waals surface area contributed by atoms with E-state index in [-0.39, 0.29) is 0 Å². The molecule has 0 atom stereocenters. The van der Waals surface area contributed by atoms with Gasteiger partial charge in [0.05, 0.1) is 5.60 Å². The van der Waals surface area contributed by atoms with Gasteiger partial charge in [-0.1, -0.05) is 26.0 Å². The van der Waals surface area contributed by atoms with Crippen LogP contribution < -0.4 is 5.32 Å². The Morgan fingerprint density at radius 3 is 2.38 bits per heavy atom. The Hall–Kier alpha value is -1.02. The molecule has 0 saturated carbocycles. The minimum Gasteiger partial charge on any atom is -0.388 e. The van der Waals surface area contributed by atoms with E-state index in [9.17, 15) is 5.11 Å². The number of nitrogens with one attached hydrogen (secondary N) is 1. The average molecular weight is 221 g/mol. The van der Waals surface area contributed by atoms with Crippen LogP contribution in [-0.4, -0.2) is 17.3 Å². The molecule has 0 radical (unpaired) electrons. The van der Waals surface area contributed by atoms with Gasteiger partial charge in [0, 0.05) is 12.2 Å². The van der Waals surface area contributed by atoms with Crippen molar-refractivity contribution in [1.29, 1.82) is 0 Å². The van der Waals surface area contributed by atoms with E-state index in [1.807, 2.05) is 19.9 Å². The lowest BCUT2D eigenvalue weighted by molar-refractivity contribution is 0.0457. The summed E-state index contributed by atoms with van der Waals surface area (Å²) in [4.78, 5) is 0. The summed E-state index contributed by atoms with van der Waals surface area (Å²) in [6, 6.07) is 6.21. The van der Waals surface area contributed by atoms with Gasteiger partial charge < -0.3 is 10.4 Å². The number of rotatable bonds is 5. The van der Waals surface area contributed by atoms with Gasteiger partial charge in [-0.2, -0.15) is 0 Å². The molecule has 0 fully saturated rings. The maximum absolute atomic E-state index is 10.2. The zero-order chi connectivity index (χ0) is 12.2. The van der Waals surface area contributed by atoms with Crippen LogP contribution in [0.25, 0.3) is 0 Å². The van der Waals surface area contributed by atoms with Gasteiger partial charge in [0.25, 0.3) is 0 Å². The van der Waals surface area contributed by atoms with E-state index in [2.05, 4.69) is 31.3 Å². The summed E-state index contributed by atoms with van der Waals surface area (Å²) < 4.78 is 0. The fourth-order valence-electron chi connectivity index (χ4n) is 1.70. The normalized spacial score (nSPS) is 11.6. The van der Waals surface area contributed by atoms with Gasteiger partial charge in [0.1, 0.15) is 0 Å². The largest absolute Gasteiger partial charge is 0.388 e. The first-order valence-electron chi connectivity index (χ1n) is 6.05. The molecular formula is C14H23NO. The maximum atomic E-state index is 10.2. The lowest BCUT2D eigenvalue weighted by atomic mass is 9.97. The van der Waals surface area contributed by atoms with Crippen molar-refractivity contribution in [2.45, 2.75) is 46.1 Å². The van der Waals surface area contributed by atoms with E-state index in [0.717, 1.165) is 18.5 Å². The molecule has 0 bridgehead atoms.